The molecule has 3 aliphatic rings. The summed E-state index contributed by atoms with van der Waals surface area (Å²) < 4.78 is 26.5. The van der Waals surface area contributed by atoms with Crippen molar-refractivity contribution in [2.24, 2.45) is 0 Å². The van der Waals surface area contributed by atoms with Crippen LogP contribution in [-0.2, 0) is 16.6 Å². The van der Waals surface area contributed by atoms with Crippen LogP contribution in [0.1, 0.15) is 30.7 Å². The fraction of sp³-hybridized carbons (Fsp3) is 0.769. The number of hydrogen-bond acceptors (Lipinski definition) is 5. The normalized spacial score (nSPS) is 31.8. The molecule has 2 unspecified atom stereocenters. The molecule has 0 aromatic carbocycles. The molecule has 0 spiro atoms. The summed E-state index contributed by atoms with van der Waals surface area (Å²) in [5, 5.41) is 3.07. The van der Waals surface area contributed by atoms with Gasteiger partial charge in [-0.25, -0.2) is 13.4 Å². The van der Waals surface area contributed by atoms with Crippen molar-refractivity contribution in [3.05, 3.63) is 16.6 Å². The van der Waals surface area contributed by atoms with Crippen molar-refractivity contribution in [2.75, 3.05) is 13.1 Å². The van der Waals surface area contributed by atoms with Gasteiger partial charge in [-0.3, -0.25) is 4.90 Å². The van der Waals surface area contributed by atoms with Crippen LogP contribution in [0.25, 0.3) is 0 Å². The molecular weight excluding hydrogens is 294 g/mol. The van der Waals surface area contributed by atoms with E-state index in [2.05, 4.69) is 9.88 Å². The van der Waals surface area contributed by atoms with Gasteiger partial charge < -0.3 is 0 Å². The molecule has 1 saturated carbocycles. The number of aromatic nitrogens is 1. The molecule has 2 atom stereocenters. The second-order valence-electron chi connectivity index (χ2n) is 6.04. The Hall–Kier alpha value is -0.500. The van der Waals surface area contributed by atoms with Crippen LogP contribution in [0, 0.1) is 0 Å². The van der Waals surface area contributed by atoms with E-state index in [4.69, 9.17) is 0 Å². The lowest BCUT2D eigenvalue weighted by Crippen LogP contribution is -2.55. The summed E-state index contributed by atoms with van der Waals surface area (Å²) >= 11 is 1.69. The fourth-order valence-electron chi connectivity index (χ4n) is 3.48. The minimum absolute atomic E-state index is 0.0765. The van der Waals surface area contributed by atoms with Crippen molar-refractivity contribution in [3.8, 4) is 0 Å². The number of nitrogens with zero attached hydrogens (tertiary/aromatic N) is 3. The predicted molar refractivity (Wildman–Crippen MR) is 78.0 cm³/mol. The van der Waals surface area contributed by atoms with Gasteiger partial charge in [0, 0.05) is 36.8 Å². The van der Waals surface area contributed by atoms with E-state index in [9.17, 15) is 8.42 Å². The molecule has 20 heavy (non-hydrogen) atoms. The first-order chi connectivity index (χ1) is 9.64. The maximum Gasteiger partial charge on any atom is 0.217 e. The minimum atomic E-state index is -3.01. The highest BCUT2D eigenvalue weighted by molar-refractivity contribution is 7.90. The van der Waals surface area contributed by atoms with Crippen LogP contribution in [0.2, 0.25) is 0 Å². The lowest BCUT2D eigenvalue weighted by molar-refractivity contribution is 0.103. The fourth-order valence-corrected chi connectivity index (χ4v) is 6.02. The van der Waals surface area contributed by atoms with Crippen molar-refractivity contribution in [3.63, 3.8) is 0 Å². The van der Waals surface area contributed by atoms with Crippen LogP contribution >= 0.6 is 11.3 Å². The second-order valence-corrected chi connectivity index (χ2v) is 9.24. The first kappa shape index (κ1) is 13.2. The topological polar surface area (TPSA) is 53.5 Å². The van der Waals surface area contributed by atoms with Crippen LogP contribution in [-0.4, -0.2) is 53.0 Å². The van der Waals surface area contributed by atoms with E-state index < -0.39 is 10.0 Å². The number of piperazine rings is 1. The van der Waals surface area contributed by atoms with Crippen molar-refractivity contribution >= 4 is 21.4 Å². The largest absolute Gasteiger partial charge is 0.288 e. The van der Waals surface area contributed by atoms with Gasteiger partial charge in [0.15, 0.2) is 0 Å². The van der Waals surface area contributed by atoms with E-state index in [0.717, 1.165) is 37.2 Å². The summed E-state index contributed by atoms with van der Waals surface area (Å²) in [5.74, 6) is 0. The quantitative estimate of drug-likeness (QED) is 0.840. The van der Waals surface area contributed by atoms with E-state index >= 15 is 0 Å². The maximum absolute atomic E-state index is 12.4. The van der Waals surface area contributed by atoms with Crippen molar-refractivity contribution < 1.29 is 8.42 Å². The van der Waals surface area contributed by atoms with Crippen LogP contribution in [0.5, 0.6) is 0 Å². The van der Waals surface area contributed by atoms with Gasteiger partial charge in [-0.15, -0.1) is 11.3 Å². The van der Waals surface area contributed by atoms with Crippen LogP contribution in [0.3, 0.4) is 0 Å². The highest BCUT2D eigenvalue weighted by Crippen LogP contribution is 2.37. The van der Waals surface area contributed by atoms with Gasteiger partial charge in [0.25, 0.3) is 0 Å². The van der Waals surface area contributed by atoms with Crippen LogP contribution in [0.15, 0.2) is 11.6 Å². The molecule has 0 amide bonds. The molecule has 2 bridgehead atoms. The highest BCUT2D eigenvalue weighted by Gasteiger charge is 2.47. The summed E-state index contributed by atoms with van der Waals surface area (Å²) in [7, 11) is -3.01. The summed E-state index contributed by atoms with van der Waals surface area (Å²) in [6.07, 6.45) is 5.79. The van der Waals surface area contributed by atoms with Crippen LogP contribution < -0.4 is 0 Å². The van der Waals surface area contributed by atoms with Crippen molar-refractivity contribution in [1.29, 1.82) is 0 Å². The molecule has 4 rings (SSSR count). The Morgan fingerprint density at radius 1 is 1.20 bits per heavy atom. The average molecular weight is 313 g/mol. The zero-order chi connectivity index (χ0) is 13.7. The van der Waals surface area contributed by atoms with Gasteiger partial charge in [-0.1, -0.05) is 0 Å². The lowest BCUT2D eigenvalue weighted by atomic mass is 10.2. The zero-order valence-corrected chi connectivity index (χ0v) is 12.9. The van der Waals surface area contributed by atoms with Gasteiger partial charge in [0.05, 0.1) is 11.8 Å². The molecule has 7 heteroatoms. The molecule has 2 aliphatic heterocycles. The molecular formula is C13H19N3O2S2. The Kier molecular flexibility index (Phi) is 3.14. The standard InChI is InChI=1S/C13H19N3O2S2/c17-20(18,12-3-4-12)15-7-10-1-2-11(8-15)16(10)9-13-14-5-6-19-13/h5-6,10-12H,1-4,7-9H2. The Morgan fingerprint density at radius 3 is 2.45 bits per heavy atom. The molecule has 1 aromatic heterocycles. The average Bonchev–Trinajstić information content (AvgIpc) is 3.14. The van der Waals surface area contributed by atoms with Gasteiger partial charge in [0.2, 0.25) is 10.0 Å². The predicted octanol–water partition coefficient (Wildman–Crippen LogP) is 1.28. The summed E-state index contributed by atoms with van der Waals surface area (Å²) in [5.41, 5.74) is 0. The Balaban J connectivity index is 1.49. The monoisotopic (exact) mass is 313 g/mol. The number of rotatable bonds is 4. The van der Waals surface area contributed by atoms with Gasteiger partial charge in [-0.2, -0.15) is 4.31 Å². The zero-order valence-electron chi connectivity index (χ0n) is 11.3. The highest BCUT2D eigenvalue weighted by atomic mass is 32.2. The first-order valence-electron chi connectivity index (χ1n) is 7.27. The maximum atomic E-state index is 12.4. The van der Waals surface area contributed by atoms with E-state index in [0.29, 0.717) is 25.2 Å². The number of thiazole rings is 1. The SMILES string of the molecule is O=S(=O)(C1CC1)N1CC2CCC(C1)N2Cc1nccs1. The summed E-state index contributed by atoms with van der Waals surface area (Å²) in [6, 6.07) is 0.761. The summed E-state index contributed by atoms with van der Waals surface area (Å²) in [4.78, 5) is 6.83. The third kappa shape index (κ3) is 2.20. The van der Waals surface area contributed by atoms with Gasteiger partial charge >= 0.3 is 0 Å². The molecule has 3 fully saturated rings. The van der Waals surface area contributed by atoms with Gasteiger partial charge in [0.1, 0.15) is 5.01 Å². The number of sulfonamides is 1. The van der Waals surface area contributed by atoms with Crippen LogP contribution in [0.4, 0.5) is 0 Å². The second kappa shape index (κ2) is 4.76. The summed E-state index contributed by atoms with van der Waals surface area (Å²) in [6.45, 7) is 2.24. The molecule has 0 N–H and O–H groups in total. The molecule has 110 valence electrons. The number of hydrogen-bond donors (Lipinski definition) is 0. The Labute approximate surface area is 123 Å². The van der Waals surface area contributed by atoms with E-state index in [1.807, 2.05) is 11.6 Å². The third-order valence-electron chi connectivity index (χ3n) is 4.71. The van der Waals surface area contributed by atoms with E-state index in [-0.39, 0.29) is 5.25 Å². The smallest absolute Gasteiger partial charge is 0.217 e. The molecule has 2 saturated heterocycles. The molecule has 5 nitrogen and oxygen atoms in total. The molecule has 1 aromatic rings. The lowest BCUT2D eigenvalue weighted by Gasteiger charge is -2.40. The van der Waals surface area contributed by atoms with Gasteiger partial charge in [-0.05, 0) is 25.7 Å². The van der Waals surface area contributed by atoms with E-state index in [1.54, 1.807) is 15.6 Å². The first-order valence-corrected chi connectivity index (χ1v) is 9.66. The Morgan fingerprint density at radius 2 is 1.90 bits per heavy atom. The third-order valence-corrected chi connectivity index (χ3v) is 7.80. The Bertz CT molecular complexity index is 569. The van der Waals surface area contributed by atoms with E-state index in [1.165, 1.54) is 0 Å². The minimum Gasteiger partial charge on any atom is -0.288 e. The molecule has 3 heterocycles. The van der Waals surface area contributed by atoms with Crippen molar-refractivity contribution in [2.45, 2.75) is 49.6 Å². The molecule has 0 radical (unpaired) electrons. The molecule has 1 aliphatic carbocycles. The van der Waals surface area contributed by atoms with Crippen molar-refractivity contribution in [1.82, 2.24) is 14.2 Å². The number of fused-ring (bicyclic) bond motifs is 2.